The van der Waals surface area contributed by atoms with Crippen LogP contribution in [0.15, 0.2) is 29.4 Å². The van der Waals surface area contributed by atoms with Crippen molar-refractivity contribution in [2.24, 2.45) is 5.10 Å². The van der Waals surface area contributed by atoms with Gasteiger partial charge in [0.2, 0.25) is 5.91 Å². The largest absolute Gasteiger partial charge is 0.497 e. The molecule has 8 heteroatoms. The van der Waals surface area contributed by atoms with Gasteiger partial charge >= 0.3 is 5.97 Å². The topological polar surface area (TPSA) is 106 Å². The molecule has 0 bridgehead atoms. The van der Waals surface area contributed by atoms with Gasteiger partial charge in [0, 0.05) is 19.4 Å². The molecule has 1 aliphatic rings. The quantitative estimate of drug-likeness (QED) is 0.725. The first-order valence-electron chi connectivity index (χ1n) is 7.00. The molecule has 122 valence electrons. The molecule has 0 spiro atoms. The van der Waals surface area contributed by atoms with Crippen molar-refractivity contribution in [2.75, 3.05) is 13.7 Å². The van der Waals surface area contributed by atoms with E-state index in [1.54, 1.807) is 19.2 Å². The van der Waals surface area contributed by atoms with E-state index in [4.69, 9.17) is 9.47 Å². The minimum atomic E-state index is -0.704. The van der Waals surface area contributed by atoms with Gasteiger partial charge in [-0.05, 0) is 17.7 Å². The minimum absolute atomic E-state index is 0.104. The van der Waals surface area contributed by atoms with Crippen molar-refractivity contribution in [3.05, 3.63) is 29.8 Å². The first kappa shape index (κ1) is 16.5. The summed E-state index contributed by atoms with van der Waals surface area (Å²) >= 11 is 0. The molecule has 0 aromatic heterocycles. The van der Waals surface area contributed by atoms with Crippen LogP contribution >= 0.6 is 0 Å². The van der Waals surface area contributed by atoms with Crippen LogP contribution in [0.1, 0.15) is 18.4 Å². The highest BCUT2D eigenvalue weighted by molar-refractivity contribution is 6.37. The lowest BCUT2D eigenvalue weighted by Gasteiger charge is -2.11. The highest BCUT2D eigenvalue weighted by atomic mass is 16.5. The lowest BCUT2D eigenvalue weighted by Crippen LogP contribution is -2.33. The van der Waals surface area contributed by atoms with Crippen molar-refractivity contribution >= 4 is 23.5 Å². The number of carbonyl (C=O) groups excluding carboxylic acids is 3. The van der Waals surface area contributed by atoms with Crippen LogP contribution in [0.3, 0.4) is 0 Å². The Morgan fingerprint density at radius 3 is 2.61 bits per heavy atom. The Morgan fingerprint density at radius 1 is 1.26 bits per heavy atom. The summed E-state index contributed by atoms with van der Waals surface area (Å²) in [5.74, 6) is -0.646. The van der Waals surface area contributed by atoms with Gasteiger partial charge in [-0.15, -0.1) is 0 Å². The van der Waals surface area contributed by atoms with Gasteiger partial charge in [0.1, 0.15) is 11.5 Å². The number of esters is 1. The van der Waals surface area contributed by atoms with Gasteiger partial charge < -0.3 is 14.8 Å². The van der Waals surface area contributed by atoms with E-state index in [9.17, 15) is 14.4 Å². The van der Waals surface area contributed by atoms with E-state index in [0.717, 1.165) is 11.3 Å². The highest BCUT2D eigenvalue weighted by Gasteiger charge is 2.20. The summed E-state index contributed by atoms with van der Waals surface area (Å²) in [6, 6.07) is 7.23. The minimum Gasteiger partial charge on any atom is -0.497 e. The number of nitrogens with zero attached hydrogens (tertiary/aromatic N) is 1. The molecule has 8 nitrogen and oxygen atoms in total. The average Bonchev–Trinajstić information content (AvgIpc) is 2.59. The van der Waals surface area contributed by atoms with Gasteiger partial charge in [-0.3, -0.25) is 9.59 Å². The first-order chi connectivity index (χ1) is 11.1. The third-order valence-corrected chi connectivity index (χ3v) is 3.12. The number of hydrogen-bond donors (Lipinski definition) is 2. The van der Waals surface area contributed by atoms with Crippen molar-refractivity contribution < 1.29 is 23.9 Å². The van der Waals surface area contributed by atoms with Crippen molar-refractivity contribution in [3.8, 4) is 5.75 Å². The Labute approximate surface area is 132 Å². The van der Waals surface area contributed by atoms with Gasteiger partial charge in [0.05, 0.1) is 7.11 Å². The van der Waals surface area contributed by atoms with Crippen LogP contribution in [0.4, 0.5) is 0 Å². The standard InChI is InChI=1S/C15H17N3O5/c1-22-11-4-2-10(3-5-11)8-16-14(20)9-23-15(21)12-6-7-13(19)18-17-12/h2-5H,6-9H2,1H3,(H,16,20)(H,18,19). The van der Waals surface area contributed by atoms with E-state index >= 15 is 0 Å². The van der Waals surface area contributed by atoms with E-state index in [0.29, 0.717) is 6.54 Å². The van der Waals surface area contributed by atoms with Crippen LogP contribution in [-0.2, 0) is 25.7 Å². The van der Waals surface area contributed by atoms with Crippen molar-refractivity contribution in [3.63, 3.8) is 0 Å². The number of nitrogens with one attached hydrogen (secondary N) is 2. The van der Waals surface area contributed by atoms with Crippen LogP contribution in [0.25, 0.3) is 0 Å². The SMILES string of the molecule is COc1ccc(CNC(=O)COC(=O)C2=NNC(=O)CC2)cc1. The smallest absolute Gasteiger partial charge is 0.355 e. The number of benzene rings is 1. The predicted octanol–water partition coefficient (Wildman–Crippen LogP) is 0.121. The Bertz CT molecular complexity index is 625. The van der Waals surface area contributed by atoms with Crippen LogP contribution in [0.5, 0.6) is 5.75 Å². The van der Waals surface area contributed by atoms with Crippen LogP contribution in [-0.4, -0.2) is 37.2 Å². The zero-order valence-electron chi connectivity index (χ0n) is 12.6. The second-order valence-corrected chi connectivity index (χ2v) is 4.79. The van der Waals surface area contributed by atoms with E-state index in [-0.39, 0.29) is 24.5 Å². The lowest BCUT2D eigenvalue weighted by atomic mass is 10.2. The zero-order chi connectivity index (χ0) is 16.7. The molecule has 0 radical (unpaired) electrons. The maximum atomic E-state index is 11.7. The molecule has 0 unspecified atom stereocenters. The summed E-state index contributed by atoms with van der Waals surface area (Å²) in [6.45, 7) is -0.0840. The normalized spacial score (nSPS) is 13.6. The first-order valence-corrected chi connectivity index (χ1v) is 7.00. The molecule has 2 amide bonds. The summed E-state index contributed by atoms with van der Waals surface area (Å²) < 4.78 is 9.89. The highest BCUT2D eigenvalue weighted by Crippen LogP contribution is 2.10. The maximum absolute atomic E-state index is 11.7. The molecule has 2 N–H and O–H groups in total. The molecule has 0 saturated heterocycles. The number of hydrazone groups is 1. The number of carbonyl (C=O) groups is 3. The average molecular weight is 319 g/mol. The molecular formula is C15H17N3O5. The molecule has 0 saturated carbocycles. The van der Waals surface area contributed by atoms with Crippen molar-refractivity contribution in [2.45, 2.75) is 19.4 Å². The molecule has 0 aliphatic carbocycles. The number of hydrogen-bond acceptors (Lipinski definition) is 6. The van der Waals surface area contributed by atoms with E-state index in [2.05, 4.69) is 15.8 Å². The van der Waals surface area contributed by atoms with E-state index in [1.165, 1.54) is 0 Å². The Balaban J connectivity index is 1.72. The third kappa shape index (κ3) is 5.10. The summed E-state index contributed by atoms with van der Waals surface area (Å²) in [4.78, 5) is 34.2. The van der Waals surface area contributed by atoms with Crippen LogP contribution < -0.4 is 15.5 Å². The summed E-state index contributed by atoms with van der Waals surface area (Å²) in [5.41, 5.74) is 3.19. The molecule has 1 aromatic carbocycles. The van der Waals surface area contributed by atoms with E-state index < -0.39 is 18.5 Å². The number of amides is 2. The maximum Gasteiger partial charge on any atom is 0.355 e. The van der Waals surface area contributed by atoms with Crippen molar-refractivity contribution in [1.29, 1.82) is 0 Å². The lowest BCUT2D eigenvalue weighted by molar-refractivity contribution is -0.142. The molecule has 2 rings (SSSR count). The second-order valence-electron chi connectivity index (χ2n) is 4.79. The van der Waals surface area contributed by atoms with Crippen molar-refractivity contribution in [1.82, 2.24) is 10.7 Å². The number of methoxy groups -OCH3 is 1. The van der Waals surface area contributed by atoms with Gasteiger partial charge in [-0.25, -0.2) is 10.2 Å². The third-order valence-electron chi connectivity index (χ3n) is 3.12. The zero-order valence-corrected chi connectivity index (χ0v) is 12.6. The van der Waals surface area contributed by atoms with Gasteiger partial charge in [-0.2, -0.15) is 5.10 Å². The Morgan fingerprint density at radius 2 is 2.00 bits per heavy atom. The summed E-state index contributed by atoms with van der Waals surface area (Å²) in [6.07, 6.45) is 0.385. The molecule has 1 aliphatic heterocycles. The summed E-state index contributed by atoms with van der Waals surface area (Å²) in [5, 5.41) is 6.23. The number of ether oxygens (including phenoxy) is 2. The van der Waals surface area contributed by atoms with Gasteiger partial charge in [0.15, 0.2) is 6.61 Å². The predicted molar refractivity (Wildman–Crippen MR) is 80.6 cm³/mol. The fourth-order valence-corrected chi connectivity index (χ4v) is 1.83. The second kappa shape index (κ2) is 7.92. The Hall–Kier alpha value is -2.90. The van der Waals surface area contributed by atoms with Crippen LogP contribution in [0.2, 0.25) is 0 Å². The van der Waals surface area contributed by atoms with Gasteiger partial charge in [-0.1, -0.05) is 12.1 Å². The molecular weight excluding hydrogens is 302 g/mol. The molecule has 23 heavy (non-hydrogen) atoms. The summed E-state index contributed by atoms with van der Waals surface area (Å²) in [7, 11) is 1.58. The Kier molecular flexibility index (Phi) is 5.67. The molecule has 1 heterocycles. The molecule has 1 aromatic rings. The fraction of sp³-hybridized carbons (Fsp3) is 0.333. The van der Waals surface area contributed by atoms with Crippen LogP contribution in [0, 0.1) is 0 Å². The number of rotatable bonds is 6. The molecule has 0 atom stereocenters. The molecule has 0 fully saturated rings. The fourth-order valence-electron chi connectivity index (χ4n) is 1.83. The van der Waals surface area contributed by atoms with E-state index in [1.807, 2.05) is 12.1 Å². The van der Waals surface area contributed by atoms with Gasteiger partial charge in [0.25, 0.3) is 5.91 Å². The monoisotopic (exact) mass is 319 g/mol.